The van der Waals surface area contributed by atoms with Gasteiger partial charge < -0.3 is 60.5 Å². The quantitative estimate of drug-likeness (QED) is 0.0389. The Morgan fingerprint density at radius 1 is 0.500 bits per heavy atom. The lowest BCUT2D eigenvalue weighted by Crippen LogP contribution is -2.34. The van der Waals surface area contributed by atoms with E-state index in [-0.39, 0.29) is 23.5 Å². The van der Waals surface area contributed by atoms with Crippen LogP contribution in [0, 0.1) is 10.8 Å². The second-order valence-electron chi connectivity index (χ2n) is 20.0. The minimum absolute atomic E-state index is 0.0168. The number of aromatic nitrogens is 2. The zero-order chi connectivity index (χ0) is 57.5. The number of ether oxygens (including phenoxy) is 2. The van der Waals surface area contributed by atoms with Crippen LogP contribution >= 0.6 is 0 Å². The second kappa shape index (κ2) is 26.5. The summed E-state index contributed by atoms with van der Waals surface area (Å²) in [6, 6.07) is 47.0. The van der Waals surface area contributed by atoms with Gasteiger partial charge in [0.15, 0.2) is 0 Å². The van der Waals surface area contributed by atoms with Crippen molar-refractivity contribution in [1.29, 1.82) is 10.8 Å². The molecule has 78 heavy (non-hydrogen) atoms. The van der Waals surface area contributed by atoms with Crippen LogP contribution < -0.4 is 50.8 Å². The van der Waals surface area contributed by atoms with E-state index in [1.807, 2.05) is 130 Å². The van der Waals surface area contributed by atoms with Gasteiger partial charge in [0, 0.05) is 71.1 Å². The number of rotatable bonds is 16. The molecule has 18 heteroatoms. The minimum atomic E-state index is -1.08. The van der Waals surface area contributed by atoms with Crippen LogP contribution in [0.1, 0.15) is 68.2 Å². The summed E-state index contributed by atoms with van der Waals surface area (Å²) >= 11 is 0. The zero-order valence-electron chi connectivity index (χ0n) is 45.9. The van der Waals surface area contributed by atoms with E-state index in [2.05, 4.69) is 77.2 Å². The number of nitrogens with one attached hydrogen (secondary N) is 4. The molecule has 0 saturated heterocycles. The smallest absolute Gasteiger partial charge is 0.268 e. The number of carboxylic acid groups (broad SMARTS) is 2. The Morgan fingerprint density at radius 2 is 0.833 bits per heavy atom. The van der Waals surface area contributed by atoms with E-state index in [9.17, 15) is 9.59 Å². The van der Waals surface area contributed by atoms with Crippen LogP contribution in [-0.4, -0.2) is 101 Å². The molecule has 18 nitrogen and oxygen atoms in total. The molecule has 6 aromatic carbocycles. The summed E-state index contributed by atoms with van der Waals surface area (Å²) in [5.74, 6) is -0.974. The lowest BCUT2D eigenvalue weighted by Gasteiger charge is -2.23. The van der Waals surface area contributed by atoms with Crippen molar-refractivity contribution in [1.82, 2.24) is 28.7 Å². The Bertz CT molecular complexity index is 3190. The topological polar surface area (TPSA) is 267 Å². The molecule has 0 unspecified atom stereocenters. The van der Waals surface area contributed by atoms with Gasteiger partial charge in [0.2, 0.25) is 0 Å². The SMILES string of the molecule is CC(=O)[O-].CC(=O)[O-].COc1ccc2c(c1)cc(C(=O)NCc1ccc([N+](C)(C)C)cc1)n2Cc1cccc(C(=N)N)c1.COc1ccc2c(c1)cc(C(=O)NCc1ccc([N+](C)(C)C)cc1)n2Cc1cccc(C(=N)N)c1. The number of carbonyl (C=O) groups is 4. The molecule has 8 rings (SSSR count). The highest BCUT2D eigenvalue weighted by molar-refractivity contribution is 6.00. The molecule has 0 aliphatic heterocycles. The van der Waals surface area contributed by atoms with E-state index in [4.69, 9.17) is 51.6 Å². The third-order valence-electron chi connectivity index (χ3n) is 12.2. The van der Waals surface area contributed by atoms with E-state index in [1.54, 1.807) is 14.2 Å². The summed E-state index contributed by atoms with van der Waals surface area (Å²) in [6.45, 7) is 3.75. The molecule has 0 radical (unpaired) electrons. The molecule has 0 atom stereocenters. The highest BCUT2D eigenvalue weighted by Gasteiger charge is 2.20. The summed E-state index contributed by atoms with van der Waals surface area (Å²) in [4.78, 5) is 44.4. The number of nitrogens with two attached hydrogens (primary N) is 2. The molecule has 0 aliphatic carbocycles. The summed E-state index contributed by atoms with van der Waals surface area (Å²) in [5, 5.41) is 41.2. The zero-order valence-corrected chi connectivity index (χ0v) is 45.9. The van der Waals surface area contributed by atoms with Gasteiger partial charge in [-0.1, -0.05) is 60.7 Å². The third-order valence-corrected chi connectivity index (χ3v) is 12.2. The number of methoxy groups -OCH3 is 2. The number of carboxylic acids is 2. The van der Waals surface area contributed by atoms with Crippen LogP contribution in [-0.2, 0) is 35.8 Å². The van der Waals surface area contributed by atoms with Crippen molar-refractivity contribution >= 4 is 68.6 Å². The second-order valence-corrected chi connectivity index (χ2v) is 20.0. The molecule has 2 aromatic heterocycles. The maximum atomic E-state index is 13.3. The summed E-state index contributed by atoms with van der Waals surface area (Å²) in [7, 11) is 16.0. The van der Waals surface area contributed by atoms with Gasteiger partial charge in [0.25, 0.3) is 11.8 Å². The van der Waals surface area contributed by atoms with Crippen LogP contribution in [0.25, 0.3) is 21.8 Å². The van der Waals surface area contributed by atoms with Gasteiger partial charge in [-0.25, -0.2) is 0 Å². The maximum absolute atomic E-state index is 13.3. The number of nitrogens with zero attached hydrogens (tertiary/aromatic N) is 4. The number of carbonyl (C=O) groups excluding carboxylic acids is 4. The number of quaternary nitrogens is 2. The van der Waals surface area contributed by atoms with Gasteiger partial charge in [-0.3, -0.25) is 29.4 Å². The largest absolute Gasteiger partial charge is 0.550 e. The van der Waals surface area contributed by atoms with Gasteiger partial charge in [-0.2, -0.15) is 0 Å². The molecule has 8 aromatic rings. The summed E-state index contributed by atoms with van der Waals surface area (Å²) < 4.78 is 16.2. The summed E-state index contributed by atoms with van der Waals surface area (Å²) in [6.07, 6.45) is 0. The van der Waals surface area contributed by atoms with E-state index < -0.39 is 11.9 Å². The number of aliphatic carboxylic acids is 2. The van der Waals surface area contributed by atoms with Crippen molar-refractivity contribution in [2.24, 2.45) is 11.5 Å². The Balaban J connectivity index is 0.000000253. The molecule has 2 heterocycles. The molecule has 0 saturated carbocycles. The Kier molecular flexibility index (Phi) is 20.2. The first kappa shape index (κ1) is 59.6. The van der Waals surface area contributed by atoms with E-state index in [1.165, 1.54) is 11.4 Å². The van der Waals surface area contributed by atoms with Crippen LogP contribution in [0.3, 0.4) is 0 Å². The molecular formula is C60H70N10O8. The number of hydrogen-bond acceptors (Lipinski definition) is 10. The van der Waals surface area contributed by atoms with E-state index in [0.717, 1.165) is 78.4 Å². The molecule has 0 fully saturated rings. The number of nitrogen functional groups attached to an aromatic ring is 2. The first-order valence-electron chi connectivity index (χ1n) is 24.7. The molecule has 2 amide bonds. The Labute approximate surface area is 455 Å². The van der Waals surface area contributed by atoms with Crippen LogP contribution in [0.2, 0.25) is 0 Å². The predicted octanol–water partition coefficient (Wildman–Crippen LogP) is 5.73. The highest BCUT2D eigenvalue weighted by atomic mass is 16.5. The van der Waals surface area contributed by atoms with Gasteiger partial charge in [0.05, 0.1) is 56.5 Å². The van der Waals surface area contributed by atoms with Crippen molar-refractivity contribution in [3.63, 3.8) is 0 Å². The normalized spacial score (nSPS) is 10.9. The fourth-order valence-electron chi connectivity index (χ4n) is 8.18. The average Bonchev–Trinajstić information content (AvgIpc) is 3.94. The van der Waals surface area contributed by atoms with Gasteiger partial charge in [-0.15, -0.1) is 0 Å². The Hall–Kier alpha value is -9.26. The van der Waals surface area contributed by atoms with E-state index in [0.29, 0.717) is 48.7 Å². The average molecular weight is 1060 g/mol. The standard InChI is InChI=1S/2C28H31N5O2.2C2H4O2/c2*1-33(2,3)23-10-8-19(9-11-23)17-31-28(34)26-16-22-15-24(35-4)12-13-25(22)32(26)18-20-6-5-7-21(14-20)27(29)30;2*1-2(3)4/h2*5-16H,17-18H2,1-4H3,(H3-,29,30,31,34);2*1H3,(H,3,4). The van der Waals surface area contributed by atoms with Gasteiger partial charge in [-0.05, 0) is 121 Å². The Morgan fingerprint density at radius 3 is 1.13 bits per heavy atom. The number of fused-ring (bicyclic) bond motifs is 2. The van der Waals surface area contributed by atoms with Crippen molar-refractivity contribution in [3.05, 3.63) is 190 Å². The molecule has 8 N–H and O–H groups in total. The van der Waals surface area contributed by atoms with Crippen LogP contribution in [0.4, 0.5) is 11.4 Å². The highest BCUT2D eigenvalue weighted by Crippen LogP contribution is 2.28. The van der Waals surface area contributed by atoms with Crippen molar-refractivity contribution in [3.8, 4) is 11.5 Å². The summed E-state index contributed by atoms with van der Waals surface area (Å²) in [5.41, 5.74) is 22.0. The fraction of sp³-hybridized carbons (Fsp3) is 0.233. The molecule has 408 valence electrons. The van der Waals surface area contributed by atoms with Crippen molar-refractivity contribution in [2.45, 2.75) is 40.0 Å². The number of amidine groups is 2. The number of hydrogen-bond donors (Lipinski definition) is 6. The van der Waals surface area contributed by atoms with Gasteiger partial charge >= 0.3 is 0 Å². The number of amides is 2. The van der Waals surface area contributed by atoms with E-state index >= 15 is 0 Å². The first-order valence-corrected chi connectivity index (χ1v) is 24.7. The van der Waals surface area contributed by atoms with Crippen molar-refractivity contribution < 1.29 is 38.9 Å². The predicted molar refractivity (Wildman–Crippen MR) is 306 cm³/mol. The molecule has 0 spiro atoms. The molecular weight excluding hydrogens is 989 g/mol. The minimum Gasteiger partial charge on any atom is -0.550 e. The third kappa shape index (κ3) is 16.9. The number of benzene rings is 6. The van der Waals surface area contributed by atoms with Crippen LogP contribution in [0.5, 0.6) is 11.5 Å². The van der Waals surface area contributed by atoms with Gasteiger partial charge in [0.1, 0.15) is 45.9 Å². The first-order chi connectivity index (χ1) is 36.8. The van der Waals surface area contributed by atoms with Crippen LogP contribution in [0.15, 0.2) is 146 Å². The molecule has 0 aliphatic rings. The maximum Gasteiger partial charge on any atom is 0.268 e. The van der Waals surface area contributed by atoms with Crippen molar-refractivity contribution in [2.75, 3.05) is 56.5 Å². The monoisotopic (exact) mass is 1060 g/mol. The lowest BCUT2D eigenvalue weighted by molar-refractivity contribution is -0.303. The molecule has 0 bridgehead atoms. The fourth-order valence-corrected chi connectivity index (χ4v) is 8.18. The lowest BCUT2D eigenvalue weighted by atomic mass is 10.1.